The number of fused-ring (bicyclic) bond motifs is 6. The van der Waals surface area contributed by atoms with Gasteiger partial charge in [0.25, 0.3) is 0 Å². The van der Waals surface area contributed by atoms with E-state index in [-0.39, 0.29) is 6.17 Å². The van der Waals surface area contributed by atoms with Crippen molar-refractivity contribution in [3.63, 3.8) is 0 Å². The van der Waals surface area contributed by atoms with Gasteiger partial charge in [-0.25, -0.2) is 5.32 Å². The summed E-state index contributed by atoms with van der Waals surface area (Å²) in [5, 5.41) is 11.2. The van der Waals surface area contributed by atoms with Crippen LogP contribution in [0.3, 0.4) is 0 Å². The van der Waals surface area contributed by atoms with Crippen molar-refractivity contribution in [3.8, 4) is 27.9 Å². The zero-order chi connectivity index (χ0) is 37.0. The predicted octanol–water partition coefficient (Wildman–Crippen LogP) is 11.0. The maximum atomic E-state index is 5.62. The SMILES string of the molecule is c1ccc(C2=NC(n3c4ccccc4c4c(-c5ccccc5)c5c6ccccc6n(-c6ccccc6)c5c(-c5ccccc5)c43)NC(c3ccccc3)[NH2+]2)cc1. The molecule has 10 aromatic rings. The van der Waals surface area contributed by atoms with Crippen LogP contribution >= 0.6 is 0 Å². The van der Waals surface area contributed by atoms with E-state index in [1.54, 1.807) is 0 Å². The molecule has 0 bridgehead atoms. The van der Waals surface area contributed by atoms with Crippen LogP contribution in [0.5, 0.6) is 0 Å². The van der Waals surface area contributed by atoms with Crippen LogP contribution in [0.2, 0.25) is 0 Å². The number of rotatable bonds is 6. The number of benzene rings is 8. The lowest BCUT2D eigenvalue weighted by molar-refractivity contribution is -0.601. The topological polar surface area (TPSA) is 50.9 Å². The van der Waals surface area contributed by atoms with Gasteiger partial charge in [-0.1, -0.05) is 164 Å². The molecule has 2 atom stereocenters. The summed E-state index contributed by atoms with van der Waals surface area (Å²) in [4.78, 5) is 5.62. The van der Waals surface area contributed by atoms with Gasteiger partial charge in [0.15, 0.2) is 12.5 Å². The largest absolute Gasteiger partial charge is 0.309 e. The first-order valence-corrected chi connectivity index (χ1v) is 19.3. The van der Waals surface area contributed by atoms with Crippen molar-refractivity contribution in [1.29, 1.82) is 0 Å². The molecule has 3 N–H and O–H groups in total. The van der Waals surface area contributed by atoms with Gasteiger partial charge in [0.2, 0.25) is 5.84 Å². The third kappa shape index (κ3) is 5.13. The van der Waals surface area contributed by atoms with Crippen molar-refractivity contribution >= 4 is 49.4 Å². The molecule has 266 valence electrons. The van der Waals surface area contributed by atoms with Gasteiger partial charge in [-0.15, -0.1) is 0 Å². The van der Waals surface area contributed by atoms with Gasteiger partial charge in [0, 0.05) is 43.9 Å². The smallest absolute Gasteiger partial charge is 0.231 e. The molecular formula is C51H38N5+. The summed E-state index contributed by atoms with van der Waals surface area (Å²) < 4.78 is 4.96. The minimum absolute atomic E-state index is 0.0709. The van der Waals surface area contributed by atoms with Crippen molar-refractivity contribution in [2.45, 2.75) is 12.5 Å². The first-order chi connectivity index (χ1) is 27.8. The van der Waals surface area contributed by atoms with Crippen LogP contribution in [0.25, 0.3) is 71.6 Å². The molecule has 1 aliphatic rings. The molecule has 2 unspecified atom stereocenters. The molecule has 0 saturated heterocycles. The van der Waals surface area contributed by atoms with E-state index in [0.29, 0.717) is 0 Å². The fourth-order valence-electron chi connectivity index (χ4n) is 8.94. The van der Waals surface area contributed by atoms with E-state index in [1.807, 2.05) is 0 Å². The maximum Gasteiger partial charge on any atom is 0.231 e. The summed E-state index contributed by atoms with van der Waals surface area (Å²) in [5.74, 6) is 0.971. The lowest BCUT2D eigenvalue weighted by Gasteiger charge is -2.30. The average Bonchev–Trinajstić information content (AvgIpc) is 3.80. The number of nitrogens with two attached hydrogens (primary N) is 1. The Labute approximate surface area is 324 Å². The molecule has 5 nitrogen and oxygen atoms in total. The van der Waals surface area contributed by atoms with E-state index in [9.17, 15) is 0 Å². The molecule has 0 saturated carbocycles. The second kappa shape index (κ2) is 13.4. The van der Waals surface area contributed by atoms with E-state index in [4.69, 9.17) is 4.99 Å². The highest BCUT2D eigenvalue weighted by atomic mass is 15.4. The van der Waals surface area contributed by atoms with Gasteiger partial charge in [-0.05, 0) is 47.5 Å². The third-order valence-corrected chi connectivity index (χ3v) is 11.3. The van der Waals surface area contributed by atoms with Crippen LogP contribution in [0.15, 0.2) is 205 Å². The molecule has 0 radical (unpaired) electrons. The molecule has 0 amide bonds. The van der Waals surface area contributed by atoms with Crippen LogP contribution in [0.4, 0.5) is 0 Å². The van der Waals surface area contributed by atoms with E-state index < -0.39 is 6.29 Å². The first kappa shape index (κ1) is 32.4. The van der Waals surface area contributed by atoms with Crippen LogP contribution < -0.4 is 10.6 Å². The summed E-state index contributed by atoms with van der Waals surface area (Å²) in [6, 6.07) is 71.8. The van der Waals surface area contributed by atoms with Gasteiger partial charge in [-0.2, -0.15) is 4.99 Å². The summed E-state index contributed by atoms with van der Waals surface area (Å²) >= 11 is 0. The van der Waals surface area contributed by atoms with E-state index >= 15 is 0 Å². The zero-order valence-electron chi connectivity index (χ0n) is 30.6. The molecule has 0 aliphatic carbocycles. The molecule has 8 aromatic carbocycles. The number of para-hydroxylation sites is 3. The van der Waals surface area contributed by atoms with Crippen LogP contribution in [-0.2, 0) is 0 Å². The highest BCUT2D eigenvalue weighted by molar-refractivity contribution is 6.33. The second-order valence-corrected chi connectivity index (χ2v) is 14.5. The second-order valence-electron chi connectivity index (χ2n) is 14.5. The Kier molecular flexibility index (Phi) is 7.73. The molecule has 1 aliphatic heterocycles. The van der Waals surface area contributed by atoms with Gasteiger partial charge < -0.3 is 9.13 Å². The number of aliphatic imine (C=N–C) groups is 1. The van der Waals surface area contributed by atoms with Crippen molar-refractivity contribution in [2.24, 2.45) is 4.99 Å². The van der Waals surface area contributed by atoms with E-state index in [0.717, 1.165) is 33.7 Å². The van der Waals surface area contributed by atoms with Crippen molar-refractivity contribution < 1.29 is 5.32 Å². The number of nitrogens with zero attached hydrogens (tertiary/aromatic N) is 3. The Morgan fingerprint density at radius 3 is 1.57 bits per heavy atom. The minimum Gasteiger partial charge on any atom is -0.309 e. The quantitative estimate of drug-likeness (QED) is 0.177. The molecule has 56 heavy (non-hydrogen) atoms. The minimum atomic E-state index is -0.430. The average molecular weight is 721 g/mol. The van der Waals surface area contributed by atoms with Gasteiger partial charge >= 0.3 is 0 Å². The fourth-order valence-corrected chi connectivity index (χ4v) is 8.94. The van der Waals surface area contributed by atoms with Gasteiger partial charge in [0.05, 0.1) is 27.6 Å². The maximum absolute atomic E-state index is 5.62. The van der Waals surface area contributed by atoms with Crippen molar-refractivity contribution in [3.05, 3.63) is 211 Å². The molecule has 11 rings (SSSR count). The number of hydrogen-bond acceptors (Lipinski definition) is 2. The Balaban J connectivity index is 1.37. The van der Waals surface area contributed by atoms with E-state index in [2.05, 4.69) is 220 Å². The van der Waals surface area contributed by atoms with Crippen LogP contribution in [0.1, 0.15) is 23.6 Å². The fraction of sp³-hybridized carbons (Fsp3) is 0.0392. The molecule has 3 heterocycles. The lowest BCUT2D eigenvalue weighted by Crippen LogP contribution is -2.93. The highest BCUT2D eigenvalue weighted by Gasteiger charge is 2.34. The Morgan fingerprint density at radius 2 is 0.929 bits per heavy atom. The van der Waals surface area contributed by atoms with Gasteiger partial charge in [0.1, 0.15) is 0 Å². The summed E-state index contributed by atoms with van der Waals surface area (Å²) in [6.45, 7) is 0. The Morgan fingerprint density at radius 1 is 0.446 bits per heavy atom. The number of hydrogen-bond donors (Lipinski definition) is 2. The lowest BCUT2D eigenvalue weighted by atomic mass is 9.89. The number of amidine groups is 1. The summed E-state index contributed by atoms with van der Waals surface area (Å²) in [5.41, 5.74) is 12.8. The normalized spacial score (nSPS) is 15.8. The van der Waals surface area contributed by atoms with E-state index in [1.165, 1.54) is 54.8 Å². The van der Waals surface area contributed by atoms with Gasteiger partial charge in [-0.3, -0.25) is 5.32 Å². The molecule has 0 fully saturated rings. The monoisotopic (exact) mass is 720 g/mol. The zero-order valence-corrected chi connectivity index (χ0v) is 30.6. The molecule has 0 spiro atoms. The highest BCUT2D eigenvalue weighted by Crippen LogP contribution is 2.52. The van der Waals surface area contributed by atoms with Crippen molar-refractivity contribution in [2.75, 3.05) is 0 Å². The first-order valence-electron chi connectivity index (χ1n) is 19.3. The van der Waals surface area contributed by atoms with Crippen LogP contribution in [0, 0.1) is 0 Å². The standard InChI is InChI=1S/C51H37N5/c1-6-20-34(21-7-1)43-45-39-30-16-18-32-41(39)55(38-28-14-5-15-29-38)47(45)44(35-22-8-2-9-23-35)48-46(43)40-31-17-19-33-42(40)56(48)51-53-49(36-24-10-3-11-25-36)52-50(54-51)37-26-12-4-13-27-37/h1-33,49,51,53H,(H,52,54)/p+1. The summed E-state index contributed by atoms with van der Waals surface area (Å²) in [6.07, 6.45) is -0.501. The molecule has 5 heteroatoms. The number of nitrogens with one attached hydrogen (secondary N) is 1. The Bertz CT molecular complexity index is 3060. The third-order valence-electron chi connectivity index (χ3n) is 11.3. The Hall–Kier alpha value is -7.05. The number of aromatic nitrogens is 2. The van der Waals surface area contributed by atoms with Crippen molar-refractivity contribution in [1.82, 2.24) is 14.5 Å². The predicted molar refractivity (Wildman–Crippen MR) is 231 cm³/mol. The summed E-state index contributed by atoms with van der Waals surface area (Å²) in [7, 11) is 0. The molecular weight excluding hydrogens is 683 g/mol. The number of quaternary nitrogens is 1. The molecule has 2 aromatic heterocycles. The van der Waals surface area contributed by atoms with Crippen LogP contribution in [-0.4, -0.2) is 15.0 Å².